The highest BCUT2D eigenvalue weighted by atomic mass is 19.1. The zero-order chi connectivity index (χ0) is 12.4. The SMILES string of the molecule is Cc1ccc(F)cc1C(=O)C1CCCC1CN. The monoisotopic (exact) mass is 235 g/mol. The molecular formula is C14H18FNO. The van der Waals surface area contributed by atoms with E-state index in [1.807, 2.05) is 6.92 Å². The van der Waals surface area contributed by atoms with Crippen molar-refractivity contribution in [2.75, 3.05) is 6.54 Å². The molecule has 92 valence electrons. The largest absolute Gasteiger partial charge is 0.330 e. The molecule has 0 aromatic heterocycles. The van der Waals surface area contributed by atoms with Gasteiger partial charge in [0.05, 0.1) is 0 Å². The van der Waals surface area contributed by atoms with Crippen molar-refractivity contribution < 1.29 is 9.18 Å². The number of hydrogen-bond donors (Lipinski definition) is 1. The van der Waals surface area contributed by atoms with E-state index in [4.69, 9.17) is 5.73 Å². The lowest BCUT2D eigenvalue weighted by molar-refractivity contribution is 0.0892. The maximum atomic E-state index is 13.2. The standard InChI is InChI=1S/C14H18FNO/c1-9-5-6-11(15)7-13(9)14(17)12-4-2-3-10(12)8-16/h5-7,10,12H,2-4,8,16H2,1H3. The molecule has 2 rings (SSSR count). The van der Waals surface area contributed by atoms with Gasteiger partial charge in [0.25, 0.3) is 0 Å². The van der Waals surface area contributed by atoms with Gasteiger partial charge in [-0.2, -0.15) is 0 Å². The van der Waals surface area contributed by atoms with Gasteiger partial charge in [0, 0.05) is 11.5 Å². The zero-order valence-electron chi connectivity index (χ0n) is 10.1. The normalized spacial score (nSPS) is 23.9. The van der Waals surface area contributed by atoms with Gasteiger partial charge in [-0.1, -0.05) is 12.5 Å². The van der Waals surface area contributed by atoms with Crippen molar-refractivity contribution in [3.8, 4) is 0 Å². The van der Waals surface area contributed by atoms with Crippen molar-refractivity contribution in [1.29, 1.82) is 0 Å². The van der Waals surface area contributed by atoms with Gasteiger partial charge >= 0.3 is 0 Å². The fourth-order valence-corrected chi connectivity index (χ4v) is 2.72. The van der Waals surface area contributed by atoms with Gasteiger partial charge in [0.1, 0.15) is 5.82 Å². The minimum Gasteiger partial charge on any atom is -0.330 e. The molecule has 1 fully saturated rings. The van der Waals surface area contributed by atoms with E-state index in [2.05, 4.69) is 0 Å². The van der Waals surface area contributed by atoms with Gasteiger partial charge in [-0.3, -0.25) is 4.79 Å². The van der Waals surface area contributed by atoms with Crippen molar-refractivity contribution in [3.05, 3.63) is 35.1 Å². The van der Waals surface area contributed by atoms with Gasteiger partial charge in [-0.25, -0.2) is 4.39 Å². The molecule has 2 atom stereocenters. The smallest absolute Gasteiger partial charge is 0.166 e. The summed E-state index contributed by atoms with van der Waals surface area (Å²) in [4.78, 5) is 12.4. The molecule has 2 N–H and O–H groups in total. The highest BCUT2D eigenvalue weighted by molar-refractivity contribution is 5.99. The molecule has 2 unspecified atom stereocenters. The Kier molecular flexibility index (Phi) is 3.57. The summed E-state index contributed by atoms with van der Waals surface area (Å²) >= 11 is 0. The number of halogens is 1. The predicted molar refractivity (Wildman–Crippen MR) is 65.4 cm³/mol. The van der Waals surface area contributed by atoms with Crippen molar-refractivity contribution in [3.63, 3.8) is 0 Å². The molecule has 17 heavy (non-hydrogen) atoms. The number of aryl methyl sites for hydroxylation is 1. The Balaban J connectivity index is 2.27. The van der Waals surface area contributed by atoms with Gasteiger partial charge in [-0.15, -0.1) is 0 Å². The van der Waals surface area contributed by atoms with Gasteiger partial charge in [0.2, 0.25) is 0 Å². The highest BCUT2D eigenvalue weighted by Gasteiger charge is 2.33. The van der Waals surface area contributed by atoms with Crippen LogP contribution in [0.1, 0.15) is 35.2 Å². The average Bonchev–Trinajstić information content (AvgIpc) is 2.79. The third kappa shape index (κ3) is 2.39. The molecule has 0 saturated heterocycles. The number of hydrogen-bond acceptors (Lipinski definition) is 2. The van der Waals surface area contributed by atoms with E-state index in [0.29, 0.717) is 12.1 Å². The molecule has 0 heterocycles. The van der Waals surface area contributed by atoms with Crippen LogP contribution in [0.25, 0.3) is 0 Å². The molecule has 0 aliphatic heterocycles. The number of benzene rings is 1. The van der Waals surface area contributed by atoms with Crippen LogP contribution < -0.4 is 5.73 Å². The van der Waals surface area contributed by atoms with Crippen LogP contribution in [0.3, 0.4) is 0 Å². The maximum absolute atomic E-state index is 13.2. The van der Waals surface area contributed by atoms with Crippen LogP contribution in [-0.2, 0) is 0 Å². The Hall–Kier alpha value is -1.22. The molecule has 0 spiro atoms. The van der Waals surface area contributed by atoms with E-state index in [1.165, 1.54) is 12.1 Å². The fraction of sp³-hybridized carbons (Fsp3) is 0.500. The van der Waals surface area contributed by atoms with E-state index < -0.39 is 0 Å². The summed E-state index contributed by atoms with van der Waals surface area (Å²) in [6, 6.07) is 4.40. The summed E-state index contributed by atoms with van der Waals surface area (Å²) in [7, 11) is 0. The Labute approximate surface area is 101 Å². The molecule has 1 aromatic carbocycles. The van der Waals surface area contributed by atoms with E-state index in [9.17, 15) is 9.18 Å². The lowest BCUT2D eigenvalue weighted by Crippen LogP contribution is -2.25. The Morgan fingerprint density at radius 1 is 1.47 bits per heavy atom. The van der Waals surface area contributed by atoms with E-state index >= 15 is 0 Å². The molecule has 2 nitrogen and oxygen atoms in total. The first kappa shape index (κ1) is 12.2. The summed E-state index contributed by atoms with van der Waals surface area (Å²) in [6.45, 7) is 2.39. The van der Waals surface area contributed by atoms with Gasteiger partial charge < -0.3 is 5.73 Å². The second-order valence-electron chi connectivity index (χ2n) is 4.86. The molecule has 3 heteroatoms. The minimum atomic E-state index is -0.346. The summed E-state index contributed by atoms with van der Waals surface area (Å²) in [5.41, 5.74) is 7.05. The molecule has 0 radical (unpaired) electrons. The van der Waals surface area contributed by atoms with Gasteiger partial charge in [0.15, 0.2) is 5.78 Å². The lowest BCUT2D eigenvalue weighted by atomic mass is 9.87. The number of ketones is 1. The number of carbonyl (C=O) groups excluding carboxylic acids is 1. The van der Waals surface area contributed by atoms with Crippen LogP contribution in [0.2, 0.25) is 0 Å². The molecule has 0 amide bonds. The van der Waals surface area contributed by atoms with Crippen LogP contribution in [-0.4, -0.2) is 12.3 Å². The van der Waals surface area contributed by atoms with Crippen molar-refractivity contribution in [2.24, 2.45) is 17.6 Å². The van der Waals surface area contributed by atoms with Crippen molar-refractivity contribution in [1.82, 2.24) is 0 Å². The molecule has 1 aliphatic carbocycles. The van der Waals surface area contributed by atoms with Crippen molar-refractivity contribution >= 4 is 5.78 Å². The minimum absolute atomic E-state index is 0.0134. The first-order valence-electron chi connectivity index (χ1n) is 6.14. The Bertz CT molecular complexity index is 430. The summed E-state index contributed by atoms with van der Waals surface area (Å²) in [6.07, 6.45) is 2.95. The predicted octanol–water partition coefficient (Wildman–Crippen LogP) is 2.69. The number of rotatable bonds is 3. The van der Waals surface area contributed by atoms with Crippen LogP contribution in [0, 0.1) is 24.6 Å². The summed E-state index contributed by atoms with van der Waals surface area (Å²) in [5.74, 6) is -0.0261. The number of nitrogens with two attached hydrogens (primary N) is 1. The van der Waals surface area contributed by atoms with E-state index in [-0.39, 0.29) is 23.4 Å². The average molecular weight is 235 g/mol. The number of Topliss-reactive ketones (excluding diaryl/α,β-unsaturated/α-hetero) is 1. The maximum Gasteiger partial charge on any atom is 0.166 e. The van der Waals surface area contributed by atoms with E-state index in [0.717, 1.165) is 24.8 Å². The number of carbonyl (C=O) groups is 1. The quantitative estimate of drug-likeness (QED) is 0.818. The Morgan fingerprint density at radius 3 is 2.94 bits per heavy atom. The fourth-order valence-electron chi connectivity index (χ4n) is 2.72. The Morgan fingerprint density at radius 2 is 2.24 bits per heavy atom. The topological polar surface area (TPSA) is 43.1 Å². The summed E-state index contributed by atoms with van der Waals surface area (Å²) in [5, 5.41) is 0. The van der Waals surface area contributed by atoms with E-state index in [1.54, 1.807) is 6.07 Å². The third-order valence-corrected chi connectivity index (χ3v) is 3.76. The molecular weight excluding hydrogens is 217 g/mol. The first-order valence-corrected chi connectivity index (χ1v) is 6.14. The first-order chi connectivity index (χ1) is 8.13. The third-order valence-electron chi connectivity index (χ3n) is 3.76. The molecule has 0 bridgehead atoms. The molecule has 1 aliphatic rings. The van der Waals surface area contributed by atoms with Crippen LogP contribution >= 0.6 is 0 Å². The van der Waals surface area contributed by atoms with Gasteiger partial charge in [-0.05, 0) is 49.9 Å². The second kappa shape index (κ2) is 4.96. The van der Waals surface area contributed by atoms with Crippen LogP contribution in [0.5, 0.6) is 0 Å². The zero-order valence-corrected chi connectivity index (χ0v) is 10.1. The van der Waals surface area contributed by atoms with Crippen LogP contribution in [0.4, 0.5) is 4.39 Å². The highest BCUT2D eigenvalue weighted by Crippen LogP contribution is 2.34. The van der Waals surface area contributed by atoms with Crippen molar-refractivity contribution in [2.45, 2.75) is 26.2 Å². The second-order valence-corrected chi connectivity index (χ2v) is 4.86. The van der Waals surface area contributed by atoms with Crippen LogP contribution in [0.15, 0.2) is 18.2 Å². The lowest BCUT2D eigenvalue weighted by Gasteiger charge is -2.17. The molecule has 1 saturated carbocycles. The molecule has 1 aromatic rings. The summed E-state index contributed by atoms with van der Waals surface area (Å²) < 4.78 is 13.2.